The van der Waals surface area contributed by atoms with Crippen molar-refractivity contribution in [3.63, 3.8) is 0 Å². The summed E-state index contributed by atoms with van der Waals surface area (Å²) in [6.45, 7) is 1.29. The van der Waals surface area contributed by atoms with Crippen LogP contribution in [0, 0.1) is 17.6 Å². The number of anilines is 1. The molecule has 0 aliphatic carbocycles. The lowest BCUT2D eigenvalue weighted by atomic mass is 10.1. The summed E-state index contributed by atoms with van der Waals surface area (Å²) in [5, 5.41) is 2.14. The fourth-order valence-electron chi connectivity index (χ4n) is 2.40. The SMILES string of the molecule is CC(OC(=O)CC1CCS(=O)(=O)C1)C(=O)Nc1cc(F)ccc1F. The van der Waals surface area contributed by atoms with Crippen LogP contribution in [-0.4, -0.2) is 37.9 Å². The van der Waals surface area contributed by atoms with E-state index < -0.39 is 39.5 Å². The van der Waals surface area contributed by atoms with E-state index in [4.69, 9.17) is 4.74 Å². The standard InChI is InChI=1S/C15H17F2NO5S/c1-9(15(20)18-13-7-11(16)2-3-12(13)17)23-14(19)6-10-4-5-24(21,22)8-10/h2-3,7,9-10H,4-6,8H2,1H3,(H,18,20). The molecule has 2 unspecified atom stereocenters. The Morgan fingerprint density at radius 2 is 2.08 bits per heavy atom. The van der Waals surface area contributed by atoms with Crippen LogP contribution in [0.2, 0.25) is 0 Å². The van der Waals surface area contributed by atoms with Crippen molar-refractivity contribution < 1.29 is 31.5 Å². The van der Waals surface area contributed by atoms with Gasteiger partial charge in [-0.1, -0.05) is 0 Å². The molecule has 9 heteroatoms. The number of carbonyl (C=O) groups is 2. The number of sulfone groups is 1. The average Bonchev–Trinajstić information content (AvgIpc) is 2.81. The number of hydrogen-bond acceptors (Lipinski definition) is 5. The Balaban J connectivity index is 1.87. The van der Waals surface area contributed by atoms with Crippen LogP contribution in [0.25, 0.3) is 0 Å². The Kier molecular flexibility index (Phi) is 5.53. The molecule has 1 aromatic carbocycles. The zero-order valence-corrected chi connectivity index (χ0v) is 13.7. The van der Waals surface area contributed by atoms with Crippen LogP contribution < -0.4 is 5.32 Å². The molecular weight excluding hydrogens is 344 g/mol. The van der Waals surface area contributed by atoms with E-state index in [0.717, 1.165) is 18.2 Å². The number of carbonyl (C=O) groups excluding carboxylic acids is 2. The molecule has 1 aliphatic heterocycles. The van der Waals surface area contributed by atoms with E-state index >= 15 is 0 Å². The van der Waals surface area contributed by atoms with Crippen LogP contribution >= 0.6 is 0 Å². The number of amides is 1. The largest absolute Gasteiger partial charge is 0.453 e. The maximum atomic E-state index is 13.5. The number of halogens is 2. The predicted octanol–water partition coefficient (Wildman–Crippen LogP) is 1.66. The maximum absolute atomic E-state index is 13.5. The first kappa shape index (κ1) is 18.3. The molecule has 2 rings (SSSR count). The van der Waals surface area contributed by atoms with Gasteiger partial charge in [-0.3, -0.25) is 9.59 Å². The molecule has 1 fully saturated rings. The molecule has 1 aromatic rings. The van der Waals surface area contributed by atoms with E-state index in [-0.39, 0.29) is 29.5 Å². The normalized spacial score (nSPS) is 20.4. The molecule has 0 radical (unpaired) electrons. The quantitative estimate of drug-likeness (QED) is 0.806. The van der Waals surface area contributed by atoms with Crippen molar-refractivity contribution in [3.05, 3.63) is 29.8 Å². The topological polar surface area (TPSA) is 89.5 Å². The highest BCUT2D eigenvalue weighted by Gasteiger charge is 2.30. The Morgan fingerprint density at radius 1 is 1.38 bits per heavy atom. The van der Waals surface area contributed by atoms with E-state index in [2.05, 4.69) is 5.32 Å². The second-order valence-electron chi connectivity index (χ2n) is 5.72. The van der Waals surface area contributed by atoms with Crippen LogP contribution in [0.15, 0.2) is 18.2 Å². The molecule has 0 aromatic heterocycles. The van der Waals surface area contributed by atoms with Crippen molar-refractivity contribution in [1.82, 2.24) is 0 Å². The first-order chi connectivity index (χ1) is 11.2. The highest BCUT2D eigenvalue weighted by molar-refractivity contribution is 7.91. The molecule has 1 aliphatic rings. The van der Waals surface area contributed by atoms with Crippen molar-refractivity contribution in [1.29, 1.82) is 0 Å². The van der Waals surface area contributed by atoms with Crippen LogP contribution in [-0.2, 0) is 24.2 Å². The van der Waals surface area contributed by atoms with Gasteiger partial charge in [-0.2, -0.15) is 0 Å². The van der Waals surface area contributed by atoms with Gasteiger partial charge in [0.25, 0.3) is 5.91 Å². The summed E-state index contributed by atoms with van der Waals surface area (Å²) < 4.78 is 54.1. The highest BCUT2D eigenvalue weighted by atomic mass is 32.2. The zero-order valence-electron chi connectivity index (χ0n) is 12.9. The van der Waals surface area contributed by atoms with Gasteiger partial charge in [0, 0.05) is 12.5 Å². The van der Waals surface area contributed by atoms with Crippen molar-refractivity contribution in [2.24, 2.45) is 5.92 Å². The smallest absolute Gasteiger partial charge is 0.306 e. The summed E-state index contributed by atoms with van der Waals surface area (Å²) in [5.41, 5.74) is -0.357. The summed E-state index contributed by atoms with van der Waals surface area (Å²) >= 11 is 0. The molecule has 0 saturated carbocycles. The Hall–Kier alpha value is -2.03. The van der Waals surface area contributed by atoms with Gasteiger partial charge < -0.3 is 10.1 Å². The molecule has 1 heterocycles. The number of esters is 1. The summed E-state index contributed by atoms with van der Waals surface area (Å²) in [6.07, 6.45) is -0.948. The minimum Gasteiger partial charge on any atom is -0.453 e. The first-order valence-electron chi connectivity index (χ1n) is 7.32. The molecule has 1 saturated heterocycles. The summed E-state index contributed by atoms with van der Waals surface area (Å²) in [6, 6.07) is 2.58. The third-order valence-corrected chi connectivity index (χ3v) is 5.48. The van der Waals surface area contributed by atoms with Gasteiger partial charge in [0.1, 0.15) is 11.6 Å². The van der Waals surface area contributed by atoms with E-state index in [0.29, 0.717) is 6.42 Å². The minimum atomic E-state index is -3.10. The Bertz CT molecular complexity index is 750. The lowest BCUT2D eigenvalue weighted by Crippen LogP contribution is -2.31. The van der Waals surface area contributed by atoms with Crippen LogP contribution in [0.3, 0.4) is 0 Å². The van der Waals surface area contributed by atoms with Crippen LogP contribution in [0.1, 0.15) is 19.8 Å². The molecule has 24 heavy (non-hydrogen) atoms. The van der Waals surface area contributed by atoms with Gasteiger partial charge in [0.15, 0.2) is 15.9 Å². The average molecular weight is 361 g/mol. The Morgan fingerprint density at radius 3 is 2.71 bits per heavy atom. The molecule has 2 atom stereocenters. The number of rotatable bonds is 5. The van der Waals surface area contributed by atoms with Crippen LogP contribution in [0.5, 0.6) is 0 Å². The summed E-state index contributed by atoms with van der Waals surface area (Å²) in [5.74, 6) is -3.42. The van der Waals surface area contributed by atoms with Crippen molar-refractivity contribution in [2.45, 2.75) is 25.9 Å². The second kappa shape index (κ2) is 7.25. The number of hydrogen-bond donors (Lipinski definition) is 1. The molecule has 1 N–H and O–H groups in total. The van der Waals surface area contributed by atoms with Gasteiger partial charge in [-0.25, -0.2) is 17.2 Å². The van der Waals surface area contributed by atoms with Crippen LogP contribution in [0.4, 0.5) is 14.5 Å². The van der Waals surface area contributed by atoms with Gasteiger partial charge >= 0.3 is 5.97 Å². The van der Waals surface area contributed by atoms with Gasteiger partial charge in [-0.15, -0.1) is 0 Å². The van der Waals surface area contributed by atoms with Gasteiger partial charge in [0.05, 0.1) is 17.2 Å². The molecule has 132 valence electrons. The number of nitrogens with one attached hydrogen (secondary N) is 1. The van der Waals surface area contributed by atoms with Crippen molar-refractivity contribution >= 4 is 27.4 Å². The molecular formula is C15H17F2NO5S. The molecule has 6 nitrogen and oxygen atoms in total. The molecule has 0 spiro atoms. The van der Waals surface area contributed by atoms with Gasteiger partial charge in [0.2, 0.25) is 0 Å². The maximum Gasteiger partial charge on any atom is 0.306 e. The van der Waals surface area contributed by atoms with Crippen molar-refractivity contribution in [2.75, 3.05) is 16.8 Å². The molecule has 0 bridgehead atoms. The van der Waals surface area contributed by atoms with E-state index in [1.54, 1.807) is 0 Å². The first-order valence-corrected chi connectivity index (χ1v) is 9.14. The second-order valence-corrected chi connectivity index (χ2v) is 7.95. The fourth-order valence-corrected chi connectivity index (χ4v) is 4.26. The Labute approximate surface area is 138 Å². The lowest BCUT2D eigenvalue weighted by molar-refractivity contribution is -0.153. The number of benzene rings is 1. The molecule has 1 amide bonds. The third kappa shape index (κ3) is 4.98. The fraction of sp³-hybridized carbons (Fsp3) is 0.467. The van der Waals surface area contributed by atoms with Crippen molar-refractivity contribution in [3.8, 4) is 0 Å². The lowest BCUT2D eigenvalue weighted by Gasteiger charge is -2.15. The van der Waals surface area contributed by atoms with E-state index in [1.165, 1.54) is 6.92 Å². The highest BCUT2D eigenvalue weighted by Crippen LogP contribution is 2.22. The summed E-state index contributed by atoms with van der Waals surface area (Å²) in [7, 11) is -3.10. The predicted molar refractivity (Wildman–Crippen MR) is 81.9 cm³/mol. The zero-order chi connectivity index (χ0) is 17.9. The summed E-state index contributed by atoms with van der Waals surface area (Å²) in [4.78, 5) is 23.6. The van der Waals surface area contributed by atoms with Gasteiger partial charge in [-0.05, 0) is 31.4 Å². The number of ether oxygens (including phenoxy) is 1. The minimum absolute atomic E-state index is 0.0415. The third-order valence-electron chi connectivity index (χ3n) is 3.65. The van der Waals surface area contributed by atoms with E-state index in [9.17, 15) is 26.8 Å². The monoisotopic (exact) mass is 361 g/mol. The van der Waals surface area contributed by atoms with E-state index in [1.807, 2.05) is 0 Å².